The number of amides is 1. The third-order valence-electron chi connectivity index (χ3n) is 7.10. The quantitative estimate of drug-likeness (QED) is 0.601. The van der Waals surface area contributed by atoms with Gasteiger partial charge in [0.15, 0.2) is 5.69 Å². The number of benzene rings is 2. The van der Waals surface area contributed by atoms with Crippen LogP contribution in [0.2, 0.25) is 0 Å². The van der Waals surface area contributed by atoms with Crippen LogP contribution < -0.4 is 9.80 Å². The van der Waals surface area contributed by atoms with E-state index in [1.165, 1.54) is 18.5 Å². The number of imidazole rings is 1. The Labute approximate surface area is 183 Å². The molecule has 0 aliphatic carbocycles. The Kier molecular flexibility index (Phi) is 4.55. The lowest BCUT2D eigenvalue weighted by Crippen LogP contribution is -2.48. The zero-order chi connectivity index (χ0) is 20.8. The molecule has 0 saturated carbocycles. The molecule has 0 bridgehead atoms. The molecule has 2 aromatic carbocycles. The number of rotatable bonds is 2. The maximum atomic E-state index is 14.0. The Bertz CT molecular complexity index is 1120. The molecule has 0 N–H and O–H groups in total. The van der Waals surface area contributed by atoms with Crippen LogP contribution in [0.3, 0.4) is 0 Å². The summed E-state index contributed by atoms with van der Waals surface area (Å²) < 4.78 is 2.31. The van der Waals surface area contributed by atoms with Crippen LogP contribution in [0.15, 0.2) is 54.6 Å². The molecule has 0 spiro atoms. The van der Waals surface area contributed by atoms with Gasteiger partial charge < -0.3 is 14.4 Å². The van der Waals surface area contributed by atoms with Crippen molar-refractivity contribution in [3.05, 3.63) is 66.0 Å². The maximum Gasteiger partial charge on any atom is 0.278 e. The summed E-state index contributed by atoms with van der Waals surface area (Å²) in [7, 11) is 0. The third kappa shape index (κ3) is 3.06. The van der Waals surface area contributed by atoms with E-state index in [9.17, 15) is 4.79 Å². The number of aromatic nitrogens is 2. The number of fused-ring (bicyclic) bond motifs is 4. The minimum absolute atomic E-state index is 0.0619. The molecule has 0 radical (unpaired) electrons. The van der Waals surface area contributed by atoms with Crippen molar-refractivity contribution in [2.75, 3.05) is 22.9 Å². The van der Waals surface area contributed by atoms with E-state index in [0.717, 1.165) is 68.1 Å². The molecule has 1 aromatic heterocycles. The number of anilines is 2. The minimum atomic E-state index is 0.0619. The molecule has 1 unspecified atom stereocenters. The fourth-order valence-corrected chi connectivity index (χ4v) is 5.61. The monoisotopic (exact) mass is 412 g/mol. The Hall–Kier alpha value is -3.08. The van der Waals surface area contributed by atoms with Gasteiger partial charge in [0.05, 0.1) is 17.1 Å². The van der Waals surface area contributed by atoms with Gasteiger partial charge in [0.1, 0.15) is 5.82 Å². The van der Waals surface area contributed by atoms with Crippen LogP contribution in [0.1, 0.15) is 48.3 Å². The summed E-state index contributed by atoms with van der Waals surface area (Å²) in [4.78, 5) is 23.5. The number of hydrogen-bond acceptors (Lipinski definition) is 3. The first-order chi connectivity index (χ1) is 15.3. The summed E-state index contributed by atoms with van der Waals surface area (Å²) >= 11 is 0. The van der Waals surface area contributed by atoms with Gasteiger partial charge in [0.2, 0.25) is 0 Å². The van der Waals surface area contributed by atoms with Crippen molar-refractivity contribution in [2.24, 2.45) is 0 Å². The fourth-order valence-electron chi connectivity index (χ4n) is 5.61. The molecule has 158 valence electrons. The molecule has 5 nitrogen and oxygen atoms in total. The van der Waals surface area contributed by atoms with Crippen LogP contribution in [0.25, 0.3) is 11.4 Å². The van der Waals surface area contributed by atoms with Crippen molar-refractivity contribution in [3.8, 4) is 11.4 Å². The fraction of sp³-hybridized carbons (Fsp3) is 0.385. The van der Waals surface area contributed by atoms with Gasteiger partial charge in [-0.2, -0.15) is 0 Å². The molecular weight excluding hydrogens is 384 g/mol. The first kappa shape index (κ1) is 18.7. The van der Waals surface area contributed by atoms with Crippen LogP contribution >= 0.6 is 0 Å². The lowest BCUT2D eigenvalue weighted by Gasteiger charge is -2.40. The predicted molar refractivity (Wildman–Crippen MR) is 124 cm³/mol. The second-order valence-corrected chi connectivity index (χ2v) is 8.95. The number of para-hydroxylation sites is 2. The highest BCUT2D eigenvalue weighted by atomic mass is 16.2. The summed E-state index contributed by atoms with van der Waals surface area (Å²) in [6.45, 7) is 2.78. The molecular formula is C26H28N4O. The Morgan fingerprint density at radius 2 is 1.68 bits per heavy atom. The van der Waals surface area contributed by atoms with E-state index in [1.54, 1.807) is 0 Å². The number of hydrogen-bond donors (Lipinski definition) is 0. The van der Waals surface area contributed by atoms with Crippen LogP contribution in [0, 0.1) is 0 Å². The number of carbonyl (C=O) groups is 1. The average Bonchev–Trinajstić information content (AvgIpc) is 3.36. The standard InChI is InChI=1S/C26H28N4O/c31-26(30-18-20-12-9-17-28(20)21-13-6-7-14-22(21)30)24-23-15-5-2-8-16-29(23)25(27-24)19-10-3-1-4-11-19/h1,3-4,6-7,10-11,13-14,20H,2,5,8-9,12,15-18H2. The van der Waals surface area contributed by atoms with Crippen molar-refractivity contribution in [3.63, 3.8) is 0 Å². The van der Waals surface area contributed by atoms with Crippen LogP contribution in [0.4, 0.5) is 11.4 Å². The summed E-state index contributed by atoms with van der Waals surface area (Å²) in [5, 5.41) is 0. The van der Waals surface area contributed by atoms with E-state index < -0.39 is 0 Å². The van der Waals surface area contributed by atoms with Gasteiger partial charge in [-0.05, 0) is 44.2 Å². The first-order valence-corrected chi connectivity index (χ1v) is 11.6. The zero-order valence-corrected chi connectivity index (χ0v) is 17.8. The van der Waals surface area contributed by atoms with Crippen LogP contribution in [-0.2, 0) is 13.0 Å². The summed E-state index contributed by atoms with van der Waals surface area (Å²) in [6, 6.07) is 19.1. The van der Waals surface area contributed by atoms with E-state index in [4.69, 9.17) is 4.98 Å². The van der Waals surface area contributed by atoms with Gasteiger partial charge in [-0.25, -0.2) is 4.98 Å². The Balaban J connectivity index is 1.46. The highest BCUT2D eigenvalue weighted by Crippen LogP contribution is 2.40. The molecule has 3 aliphatic heterocycles. The molecule has 6 rings (SSSR count). The number of nitrogens with zero attached hydrogens (tertiary/aromatic N) is 4. The van der Waals surface area contributed by atoms with Crippen molar-refractivity contribution in [2.45, 2.75) is 51.1 Å². The molecule has 1 fully saturated rings. The Morgan fingerprint density at radius 3 is 2.55 bits per heavy atom. The first-order valence-electron chi connectivity index (χ1n) is 11.6. The van der Waals surface area contributed by atoms with Gasteiger partial charge >= 0.3 is 0 Å². The van der Waals surface area contributed by atoms with E-state index in [0.29, 0.717) is 11.7 Å². The van der Waals surface area contributed by atoms with Crippen LogP contribution in [0.5, 0.6) is 0 Å². The van der Waals surface area contributed by atoms with Gasteiger partial charge in [-0.3, -0.25) is 4.79 Å². The number of carbonyl (C=O) groups excluding carboxylic acids is 1. The molecule has 3 aliphatic rings. The largest absolute Gasteiger partial charge is 0.365 e. The normalized spacial score (nSPS) is 20.1. The molecule has 1 atom stereocenters. The highest BCUT2D eigenvalue weighted by Gasteiger charge is 2.38. The van der Waals surface area contributed by atoms with E-state index in [2.05, 4.69) is 39.8 Å². The average molecular weight is 413 g/mol. The van der Waals surface area contributed by atoms with Crippen molar-refractivity contribution < 1.29 is 4.79 Å². The van der Waals surface area contributed by atoms with E-state index >= 15 is 0 Å². The molecule has 1 saturated heterocycles. The lowest BCUT2D eigenvalue weighted by molar-refractivity contribution is 0.0979. The SMILES string of the molecule is O=C(c1nc(-c2ccccc2)n2c1CCCCC2)N1CC2CCCN2c2ccccc21. The molecule has 3 aromatic rings. The van der Waals surface area contributed by atoms with Crippen LogP contribution in [-0.4, -0.2) is 34.6 Å². The second-order valence-electron chi connectivity index (χ2n) is 8.95. The maximum absolute atomic E-state index is 14.0. The predicted octanol–water partition coefficient (Wildman–Crippen LogP) is 4.91. The lowest BCUT2D eigenvalue weighted by atomic mass is 10.1. The molecule has 5 heteroatoms. The van der Waals surface area contributed by atoms with Gasteiger partial charge in [-0.1, -0.05) is 48.9 Å². The molecule has 1 amide bonds. The highest BCUT2D eigenvalue weighted by molar-refractivity contribution is 6.08. The molecule has 4 heterocycles. The Morgan fingerprint density at radius 1 is 0.871 bits per heavy atom. The van der Waals surface area contributed by atoms with Crippen molar-refractivity contribution in [1.82, 2.24) is 9.55 Å². The summed E-state index contributed by atoms with van der Waals surface area (Å²) in [5.41, 5.74) is 5.08. The zero-order valence-electron chi connectivity index (χ0n) is 17.8. The summed E-state index contributed by atoms with van der Waals surface area (Å²) in [5.74, 6) is 1.00. The third-order valence-corrected chi connectivity index (χ3v) is 7.10. The second kappa shape index (κ2) is 7.56. The minimum Gasteiger partial charge on any atom is -0.365 e. The topological polar surface area (TPSA) is 41.4 Å². The van der Waals surface area contributed by atoms with Gasteiger partial charge in [0, 0.05) is 31.2 Å². The van der Waals surface area contributed by atoms with Gasteiger partial charge in [0.25, 0.3) is 5.91 Å². The summed E-state index contributed by atoms with van der Waals surface area (Å²) in [6.07, 6.45) is 6.72. The van der Waals surface area contributed by atoms with Crippen molar-refractivity contribution in [1.29, 1.82) is 0 Å². The molecule has 31 heavy (non-hydrogen) atoms. The van der Waals surface area contributed by atoms with E-state index in [-0.39, 0.29) is 5.91 Å². The van der Waals surface area contributed by atoms with Gasteiger partial charge in [-0.15, -0.1) is 0 Å². The smallest absolute Gasteiger partial charge is 0.278 e. The van der Waals surface area contributed by atoms with E-state index in [1.807, 2.05) is 29.2 Å². The van der Waals surface area contributed by atoms with Crippen molar-refractivity contribution >= 4 is 17.3 Å².